The predicted molar refractivity (Wildman–Crippen MR) is 238 cm³/mol. The fourth-order valence-electron chi connectivity index (χ4n) is 6.48. The van der Waals surface area contributed by atoms with Gasteiger partial charge in [-0.05, 0) is 89.9 Å². The summed E-state index contributed by atoms with van der Waals surface area (Å²) in [5.41, 5.74) is 0. The van der Waals surface area contributed by atoms with E-state index in [0.29, 0.717) is 25.7 Å². The van der Waals surface area contributed by atoms with Gasteiger partial charge in [0.25, 0.3) is 0 Å². The standard InChI is InChI=1S/C50H88O6/c1-4-7-10-13-16-19-21-23-25-27-28-31-34-37-40-43-49(52)55-46-47(45-54-48(51)42-39-36-33-30-18-15-12-9-6-3)56-50(53)44-41-38-35-32-29-26-24-22-20-17-14-11-8-5-2/h8,11,17,19-21,30,33,47H,4-7,9-10,12-16,18,22-29,31-32,34-46H2,1-3H3/b11-8-,20-17-,21-19-,33-30-. The summed E-state index contributed by atoms with van der Waals surface area (Å²) in [7, 11) is 0. The molecule has 0 aromatic rings. The minimum Gasteiger partial charge on any atom is -0.462 e. The number of hydrogen-bond acceptors (Lipinski definition) is 6. The molecule has 1 atom stereocenters. The number of carbonyl (C=O) groups excluding carboxylic acids is 3. The van der Waals surface area contributed by atoms with Crippen LogP contribution < -0.4 is 0 Å². The van der Waals surface area contributed by atoms with Crippen molar-refractivity contribution in [3.63, 3.8) is 0 Å². The maximum atomic E-state index is 12.7. The molecule has 6 heteroatoms. The Morgan fingerprint density at radius 1 is 0.375 bits per heavy atom. The molecule has 0 bridgehead atoms. The first kappa shape index (κ1) is 53.4. The van der Waals surface area contributed by atoms with E-state index in [4.69, 9.17) is 14.2 Å². The molecule has 0 heterocycles. The first-order chi connectivity index (χ1) is 27.5. The third kappa shape index (κ3) is 42.5. The Morgan fingerprint density at radius 3 is 1.16 bits per heavy atom. The molecule has 0 aromatic heterocycles. The van der Waals surface area contributed by atoms with Crippen molar-refractivity contribution >= 4 is 17.9 Å². The molecule has 0 aliphatic heterocycles. The van der Waals surface area contributed by atoms with Gasteiger partial charge in [-0.3, -0.25) is 14.4 Å². The Balaban J connectivity index is 4.37. The monoisotopic (exact) mass is 785 g/mol. The van der Waals surface area contributed by atoms with Crippen molar-refractivity contribution in [2.24, 2.45) is 0 Å². The molecule has 0 saturated heterocycles. The highest BCUT2D eigenvalue weighted by Crippen LogP contribution is 2.14. The first-order valence-electron chi connectivity index (χ1n) is 23.6. The lowest BCUT2D eigenvalue weighted by Crippen LogP contribution is -2.30. The number of carbonyl (C=O) groups is 3. The van der Waals surface area contributed by atoms with Crippen molar-refractivity contribution in [3.05, 3.63) is 48.6 Å². The quantitative estimate of drug-likeness (QED) is 0.0265. The Labute approximate surface area is 346 Å². The van der Waals surface area contributed by atoms with Crippen molar-refractivity contribution in [2.45, 2.75) is 239 Å². The maximum Gasteiger partial charge on any atom is 0.306 e. The van der Waals surface area contributed by atoms with E-state index in [2.05, 4.69) is 69.4 Å². The topological polar surface area (TPSA) is 78.9 Å². The molecule has 324 valence electrons. The lowest BCUT2D eigenvalue weighted by molar-refractivity contribution is -0.167. The Bertz CT molecular complexity index is 996. The molecule has 0 aliphatic carbocycles. The van der Waals surface area contributed by atoms with Crippen LogP contribution >= 0.6 is 0 Å². The number of hydrogen-bond donors (Lipinski definition) is 0. The average Bonchev–Trinajstić information content (AvgIpc) is 3.19. The van der Waals surface area contributed by atoms with Gasteiger partial charge < -0.3 is 14.2 Å². The first-order valence-corrected chi connectivity index (χ1v) is 23.6. The highest BCUT2D eigenvalue weighted by molar-refractivity contribution is 5.71. The number of ether oxygens (including phenoxy) is 3. The molecule has 0 spiro atoms. The van der Waals surface area contributed by atoms with E-state index in [0.717, 1.165) is 70.6 Å². The summed E-state index contributed by atoms with van der Waals surface area (Å²) in [6.07, 6.45) is 52.4. The second-order valence-corrected chi connectivity index (χ2v) is 15.6. The van der Waals surface area contributed by atoms with Crippen LogP contribution in [0.15, 0.2) is 48.6 Å². The molecule has 0 saturated carbocycles. The van der Waals surface area contributed by atoms with Crippen molar-refractivity contribution < 1.29 is 28.6 Å². The molecule has 0 aliphatic rings. The summed E-state index contributed by atoms with van der Waals surface area (Å²) in [5, 5.41) is 0. The molecule has 6 nitrogen and oxygen atoms in total. The summed E-state index contributed by atoms with van der Waals surface area (Å²) < 4.78 is 16.7. The van der Waals surface area contributed by atoms with Crippen LogP contribution in [-0.4, -0.2) is 37.2 Å². The predicted octanol–water partition coefficient (Wildman–Crippen LogP) is 15.1. The van der Waals surface area contributed by atoms with Gasteiger partial charge in [0.15, 0.2) is 6.10 Å². The van der Waals surface area contributed by atoms with E-state index in [1.54, 1.807) is 0 Å². The normalized spacial score (nSPS) is 12.4. The van der Waals surface area contributed by atoms with Gasteiger partial charge in [0, 0.05) is 19.3 Å². The lowest BCUT2D eigenvalue weighted by Gasteiger charge is -2.18. The van der Waals surface area contributed by atoms with Gasteiger partial charge in [-0.25, -0.2) is 0 Å². The molecule has 0 fully saturated rings. The summed E-state index contributed by atoms with van der Waals surface area (Å²) in [6.45, 7) is 6.45. The fraction of sp³-hybridized carbons (Fsp3) is 0.780. The number of allylic oxidation sites excluding steroid dienone is 8. The summed E-state index contributed by atoms with van der Waals surface area (Å²) >= 11 is 0. The lowest BCUT2D eigenvalue weighted by atomic mass is 10.1. The van der Waals surface area contributed by atoms with E-state index in [1.165, 1.54) is 116 Å². The summed E-state index contributed by atoms with van der Waals surface area (Å²) in [6, 6.07) is 0. The smallest absolute Gasteiger partial charge is 0.306 e. The highest BCUT2D eigenvalue weighted by Gasteiger charge is 2.19. The molecule has 0 rings (SSSR count). The van der Waals surface area contributed by atoms with E-state index < -0.39 is 6.10 Å². The van der Waals surface area contributed by atoms with Gasteiger partial charge in [-0.1, -0.05) is 172 Å². The van der Waals surface area contributed by atoms with Gasteiger partial charge in [0.05, 0.1) is 0 Å². The van der Waals surface area contributed by atoms with Gasteiger partial charge in [0.1, 0.15) is 13.2 Å². The van der Waals surface area contributed by atoms with Crippen molar-refractivity contribution in [1.82, 2.24) is 0 Å². The van der Waals surface area contributed by atoms with E-state index in [-0.39, 0.29) is 31.1 Å². The van der Waals surface area contributed by atoms with Crippen LogP contribution in [0.5, 0.6) is 0 Å². The highest BCUT2D eigenvalue weighted by atomic mass is 16.6. The van der Waals surface area contributed by atoms with Gasteiger partial charge in [-0.15, -0.1) is 0 Å². The maximum absolute atomic E-state index is 12.7. The molecule has 0 aromatic carbocycles. The van der Waals surface area contributed by atoms with E-state index >= 15 is 0 Å². The largest absolute Gasteiger partial charge is 0.462 e. The van der Waals surface area contributed by atoms with Crippen LogP contribution in [0.1, 0.15) is 233 Å². The van der Waals surface area contributed by atoms with Gasteiger partial charge in [0.2, 0.25) is 0 Å². The van der Waals surface area contributed by atoms with Crippen molar-refractivity contribution in [1.29, 1.82) is 0 Å². The molecule has 0 radical (unpaired) electrons. The third-order valence-corrected chi connectivity index (χ3v) is 10.0. The van der Waals surface area contributed by atoms with Crippen LogP contribution in [0.4, 0.5) is 0 Å². The van der Waals surface area contributed by atoms with Crippen molar-refractivity contribution in [2.75, 3.05) is 13.2 Å². The molecular formula is C50H88O6. The zero-order valence-electron chi connectivity index (χ0n) is 36.9. The van der Waals surface area contributed by atoms with Crippen LogP contribution in [0.3, 0.4) is 0 Å². The van der Waals surface area contributed by atoms with E-state index in [1.807, 2.05) is 0 Å². The molecule has 56 heavy (non-hydrogen) atoms. The summed E-state index contributed by atoms with van der Waals surface area (Å²) in [5.74, 6) is -0.936. The SMILES string of the molecule is CC/C=C\C/C=C\CCCCCCCCCC(=O)OC(COC(=O)CCC/C=C\CCCCCC)COC(=O)CCCCCCCCC/C=C\CCCCCC. The number of unbranched alkanes of at least 4 members (excludes halogenated alkanes) is 23. The van der Waals surface area contributed by atoms with Crippen LogP contribution in [0.2, 0.25) is 0 Å². The third-order valence-electron chi connectivity index (χ3n) is 10.0. The van der Waals surface area contributed by atoms with E-state index in [9.17, 15) is 14.4 Å². The van der Waals surface area contributed by atoms with Crippen LogP contribution in [0, 0.1) is 0 Å². The Kier molecular flexibility index (Phi) is 43.0. The molecular weight excluding hydrogens is 697 g/mol. The second-order valence-electron chi connectivity index (χ2n) is 15.6. The van der Waals surface area contributed by atoms with Crippen LogP contribution in [-0.2, 0) is 28.6 Å². The minimum atomic E-state index is -0.786. The second kappa shape index (κ2) is 45.1. The van der Waals surface area contributed by atoms with Gasteiger partial charge >= 0.3 is 17.9 Å². The molecule has 0 amide bonds. The minimum absolute atomic E-state index is 0.0869. The Morgan fingerprint density at radius 2 is 0.714 bits per heavy atom. The number of rotatable bonds is 42. The fourth-order valence-corrected chi connectivity index (χ4v) is 6.48. The number of esters is 3. The van der Waals surface area contributed by atoms with Gasteiger partial charge in [-0.2, -0.15) is 0 Å². The zero-order chi connectivity index (χ0) is 40.8. The Hall–Kier alpha value is -2.63. The average molecular weight is 785 g/mol. The van der Waals surface area contributed by atoms with Crippen molar-refractivity contribution in [3.8, 4) is 0 Å². The molecule has 0 N–H and O–H groups in total. The molecule has 1 unspecified atom stereocenters. The summed E-state index contributed by atoms with van der Waals surface area (Å²) in [4.78, 5) is 37.7. The zero-order valence-corrected chi connectivity index (χ0v) is 36.9. The van der Waals surface area contributed by atoms with Crippen LogP contribution in [0.25, 0.3) is 0 Å².